The first-order chi connectivity index (χ1) is 31.8. The molecule has 2 aromatic heterocycles. The summed E-state index contributed by atoms with van der Waals surface area (Å²) in [7, 11) is -4.56. The van der Waals surface area contributed by atoms with Gasteiger partial charge in [-0.25, -0.2) is 13.1 Å². The number of sulfonamides is 1. The van der Waals surface area contributed by atoms with Crippen LogP contribution in [0.2, 0.25) is 0 Å². The van der Waals surface area contributed by atoms with E-state index in [1.165, 1.54) is 50.7 Å². The lowest BCUT2D eigenvalue weighted by molar-refractivity contribution is -0.384. The van der Waals surface area contributed by atoms with E-state index in [0.717, 1.165) is 62.7 Å². The number of amides is 1. The second-order valence-electron chi connectivity index (χ2n) is 22.3. The maximum Gasteiger partial charge on any atom is 0.293 e. The van der Waals surface area contributed by atoms with Gasteiger partial charge in [-0.15, -0.1) is 0 Å². The number of nitrogens with one attached hydrogen (secondary N) is 3. The number of ether oxygens (including phenoxy) is 2. The van der Waals surface area contributed by atoms with Crippen molar-refractivity contribution in [1.29, 1.82) is 0 Å². The molecule has 5 fully saturated rings. The van der Waals surface area contributed by atoms with E-state index < -0.39 is 26.5 Å². The highest BCUT2D eigenvalue weighted by atomic mass is 32.2. The van der Waals surface area contributed by atoms with Crippen LogP contribution >= 0.6 is 0 Å². The van der Waals surface area contributed by atoms with Gasteiger partial charge in [-0.1, -0.05) is 45.8 Å². The zero-order valence-electron chi connectivity index (χ0n) is 39.9. The maximum absolute atomic E-state index is 14.4. The molecule has 67 heavy (non-hydrogen) atoms. The number of H-pyrrole nitrogens is 1. The predicted molar refractivity (Wildman–Crippen MR) is 261 cm³/mol. The summed E-state index contributed by atoms with van der Waals surface area (Å²) in [6, 6.07) is 13.1. The first-order valence-electron chi connectivity index (χ1n) is 24.2. The average Bonchev–Trinajstić information content (AvgIpc) is 3.71. The van der Waals surface area contributed by atoms with Crippen molar-refractivity contribution < 1.29 is 27.6 Å². The number of fused-ring (bicyclic) bond motifs is 2. The highest BCUT2D eigenvalue weighted by Gasteiger charge is 2.72. The van der Waals surface area contributed by atoms with Gasteiger partial charge in [0, 0.05) is 75.8 Å². The molecular weight excluding hydrogens is 869 g/mol. The molecule has 2 aromatic carbocycles. The van der Waals surface area contributed by atoms with E-state index in [4.69, 9.17) is 14.5 Å². The summed E-state index contributed by atoms with van der Waals surface area (Å²) in [5.74, 6) is -0.178. The van der Waals surface area contributed by atoms with Gasteiger partial charge in [0.25, 0.3) is 21.6 Å². The number of piperazine rings is 1. The van der Waals surface area contributed by atoms with Crippen molar-refractivity contribution in [2.24, 2.45) is 27.6 Å². The van der Waals surface area contributed by atoms with Crippen LogP contribution < -0.4 is 24.6 Å². The van der Waals surface area contributed by atoms with Crippen molar-refractivity contribution in [3.63, 3.8) is 0 Å². The van der Waals surface area contributed by atoms with Gasteiger partial charge in [-0.05, 0) is 128 Å². The fraction of sp³-hybridized carbons (Fsp3) is 0.569. The van der Waals surface area contributed by atoms with Gasteiger partial charge < -0.3 is 29.6 Å². The molecule has 0 spiro atoms. The Kier molecular flexibility index (Phi) is 11.4. The monoisotopic (exact) mass is 934 g/mol. The minimum absolute atomic E-state index is 0.131. The smallest absolute Gasteiger partial charge is 0.293 e. The van der Waals surface area contributed by atoms with Crippen LogP contribution in [-0.4, -0.2) is 99.2 Å². The van der Waals surface area contributed by atoms with Crippen LogP contribution in [0.25, 0.3) is 11.0 Å². The summed E-state index contributed by atoms with van der Waals surface area (Å²) in [5.41, 5.74) is 7.76. The maximum atomic E-state index is 14.4. The Labute approximate surface area is 394 Å². The Morgan fingerprint density at radius 2 is 1.75 bits per heavy atom. The molecule has 16 heteroatoms. The number of pyridine rings is 1. The zero-order chi connectivity index (χ0) is 47.1. The number of allylic oxidation sites excluding steroid dienone is 1. The van der Waals surface area contributed by atoms with E-state index >= 15 is 0 Å². The Hall–Kier alpha value is -5.19. The molecule has 3 saturated carbocycles. The topological polar surface area (TPSA) is 175 Å². The number of anilines is 4. The molecule has 15 nitrogen and oxygen atoms in total. The summed E-state index contributed by atoms with van der Waals surface area (Å²) < 4.78 is 41.9. The molecule has 3 aliphatic heterocycles. The second kappa shape index (κ2) is 16.8. The van der Waals surface area contributed by atoms with Crippen molar-refractivity contribution in [1.82, 2.24) is 19.6 Å². The summed E-state index contributed by atoms with van der Waals surface area (Å²) in [6.45, 7) is 20.7. The van der Waals surface area contributed by atoms with E-state index in [0.29, 0.717) is 70.9 Å². The van der Waals surface area contributed by atoms with Gasteiger partial charge in [-0.3, -0.25) is 19.8 Å². The second-order valence-corrected chi connectivity index (χ2v) is 24.0. The van der Waals surface area contributed by atoms with Gasteiger partial charge in [-0.2, -0.15) is 4.98 Å². The van der Waals surface area contributed by atoms with Crippen LogP contribution in [0.4, 0.5) is 28.4 Å². The number of carbonyl (C=O) groups is 1. The number of carbonyl (C=O) groups excluding carboxylic acids is 1. The standard InChI is InChI=1S/C51H66N8O7S/c1-33-28-58(44-23-35-12-16-52-45(35)54-47(44)66-33)42-24-37(57-19-17-56(18-20-57)29-36-11-15-49(5,6)26-40(36)50-30-51(31-50,32-50)48(2,3)4)7-9-39(42)46(60)55-67(63,64)38-8-10-41(43(25-38)59(61)62)53-27-34-13-21-65-22-14-34/h7-10,12,16,23-25,33-34,53H,11,13-15,17-22,26-32H2,1-6H3,(H,52,54)(H,55,60)/t33-,50?,51?/m1/s1. The quantitative estimate of drug-likeness (QED) is 0.0699. The summed E-state index contributed by atoms with van der Waals surface area (Å²) in [4.78, 5) is 40.5. The molecule has 5 heterocycles. The Bertz CT molecular complexity index is 2730. The number of benzene rings is 2. The number of rotatable bonds is 12. The third kappa shape index (κ3) is 8.55. The number of aromatic amines is 1. The molecule has 1 atom stereocenters. The predicted octanol–water partition coefficient (Wildman–Crippen LogP) is 9.19. The summed E-state index contributed by atoms with van der Waals surface area (Å²) in [5, 5.41) is 16.2. The van der Waals surface area contributed by atoms with Gasteiger partial charge in [0.05, 0.1) is 27.6 Å². The Balaban J connectivity index is 0.908. The summed E-state index contributed by atoms with van der Waals surface area (Å²) in [6.07, 6.45) is 10.8. The Morgan fingerprint density at radius 3 is 2.46 bits per heavy atom. The third-order valence-electron chi connectivity index (χ3n) is 16.3. The lowest BCUT2D eigenvalue weighted by Gasteiger charge is -2.77. The van der Waals surface area contributed by atoms with Crippen molar-refractivity contribution in [3.05, 3.63) is 81.6 Å². The lowest BCUT2D eigenvalue weighted by Crippen LogP contribution is -2.68. The van der Waals surface area contributed by atoms with E-state index in [-0.39, 0.29) is 28.2 Å². The molecule has 2 saturated heterocycles. The highest BCUT2D eigenvalue weighted by Crippen LogP contribution is 2.82. The number of nitro benzene ring substituents is 1. The molecule has 3 N–H and O–H groups in total. The first kappa shape index (κ1) is 45.6. The normalized spacial score (nSPS) is 25.5. The zero-order valence-corrected chi connectivity index (χ0v) is 40.7. The number of nitro groups is 1. The van der Waals surface area contributed by atoms with Crippen LogP contribution in [0.3, 0.4) is 0 Å². The molecule has 0 unspecified atom stereocenters. The van der Waals surface area contributed by atoms with E-state index in [9.17, 15) is 23.3 Å². The first-order valence-corrected chi connectivity index (χ1v) is 25.7. The van der Waals surface area contributed by atoms with Crippen molar-refractivity contribution in [3.8, 4) is 5.88 Å². The SMILES string of the molecule is C[C@@H]1CN(c2cc(N3CCN(CC4=C(C56CC(C(C)(C)C)(C5)C6)CC(C)(C)CC4)CC3)ccc2C(=O)NS(=O)(=O)c2ccc(NCC3CCOCC3)c([N+](=O)[O-])c2)c2cc3cc[nH]c3nc2O1. The largest absolute Gasteiger partial charge is 0.471 e. The molecule has 358 valence electrons. The molecule has 1 amide bonds. The van der Waals surface area contributed by atoms with Crippen LogP contribution in [0, 0.1) is 37.7 Å². The van der Waals surface area contributed by atoms with Gasteiger partial charge in [0.1, 0.15) is 23.1 Å². The number of hydrogen-bond donors (Lipinski definition) is 3. The molecule has 7 aliphatic rings. The average molecular weight is 935 g/mol. The molecule has 11 rings (SSSR count). The van der Waals surface area contributed by atoms with E-state index in [2.05, 4.69) is 59.4 Å². The molecule has 0 radical (unpaired) electrons. The fourth-order valence-electron chi connectivity index (χ4n) is 12.0. The Morgan fingerprint density at radius 1 is 1.00 bits per heavy atom. The highest BCUT2D eigenvalue weighted by molar-refractivity contribution is 7.90. The van der Waals surface area contributed by atoms with Gasteiger partial charge in [0.15, 0.2) is 0 Å². The number of aromatic nitrogens is 2. The summed E-state index contributed by atoms with van der Waals surface area (Å²) >= 11 is 0. The van der Waals surface area contributed by atoms with Crippen molar-refractivity contribution >= 4 is 55.4 Å². The van der Waals surface area contributed by atoms with E-state index in [1.54, 1.807) is 17.2 Å². The third-order valence-corrected chi connectivity index (χ3v) is 17.6. The van der Waals surface area contributed by atoms with Gasteiger partial charge in [0.2, 0.25) is 5.88 Å². The fourth-order valence-corrected chi connectivity index (χ4v) is 13.0. The van der Waals surface area contributed by atoms with Crippen LogP contribution in [-0.2, 0) is 14.8 Å². The van der Waals surface area contributed by atoms with Crippen LogP contribution in [0.15, 0.2) is 70.8 Å². The van der Waals surface area contributed by atoms with Crippen LogP contribution in [0.1, 0.15) is 103 Å². The van der Waals surface area contributed by atoms with Crippen LogP contribution in [0.5, 0.6) is 5.88 Å². The minimum Gasteiger partial charge on any atom is -0.471 e. The number of hydrogen-bond acceptors (Lipinski definition) is 12. The molecule has 4 aromatic rings. The number of nitrogens with zero attached hydrogens (tertiary/aromatic N) is 5. The lowest BCUT2D eigenvalue weighted by atomic mass is 9.27. The van der Waals surface area contributed by atoms with Crippen molar-refractivity contribution in [2.45, 2.75) is 104 Å². The van der Waals surface area contributed by atoms with Gasteiger partial charge >= 0.3 is 0 Å². The minimum atomic E-state index is -4.56. The van der Waals surface area contributed by atoms with E-state index in [1.807, 2.05) is 42.3 Å². The molecule has 4 aliphatic carbocycles. The molecular formula is C51H66N8O7S. The van der Waals surface area contributed by atoms with Crippen molar-refractivity contribution in [2.75, 3.05) is 74.1 Å². The molecule has 2 bridgehead atoms.